The first-order chi connectivity index (χ1) is 10.3. The highest BCUT2D eigenvalue weighted by Crippen LogP contribution is 2.28. The molecule has 0 aliphatic rings. The fourth-order valence-corrected chi connectivity index (χ4v) is 2.98. The normalized spacial score (nSPS) is 11.4. The van der Waals surface area contributed by atoms with E-state index in [1.54, 1.807) is 7.05 Å². The van der Waals surface area contributed by atoms with E-state index >= 15 is 0 Å². The van der Waals surface area contributed by atoms with Crippen molar-refractivity contribution in [3.8, 4) is 5.75 Å². The lowest BCUT2D eigenvalue weighted by Gasteiger charge is -2.10. The fourth-order valence-electron chi connectivity index (χ4n) is 1.82. The molecule has 9 heteroatoms. The van der Waals surface area contributed by atoms with Crippen LogP contribution in [0.1, 0.15) is 17.4 Å². The van der Waals surface area contributed by atoms with E-state index in [2.05, 4.69) is 10.4 Å². The summed E-state index contributed by atoms with van der Waals surface area (Å²) in [6.45, 7) is 1.51. The molecule has 0 fully saturated rings. The lowest BCUT2D eigenvalue weighted by molar-refractivity contribution is 0.101. The van der Waals surface area contributed by atoms with Gasteiger partial charge in [-0.25, -0.2) is 8.42 Å². The summed E-state index contributed by atoms with van der Waals surface area (Å²) in [5.41, 5.74) is 0.0848. The molecule has 0 saturated heterocycles. The molecule has 1 amide bonds. The number of halogens is 1. The molecule has 0 bridgehead atoms. The van der Waals surface area contributed by atoms with Crippen LogP contribution in [-0.2, 0) is 16.9 Å². The number of phenolic OH excluding ortho intramolecular Hbond substituents is 1. The summed E-state index contributed by atoms with van der Waals surface area (Å²) in [7, 11) is -1.91. The average molecular weight is 344 g/mol. The minimum Gasteiger partial charge on any atom is -0.506 e. The van der Waals surface area contributed by atoms with Crippen molar-refractivity contribution >= 4 is 33.0 Å². The summed E-state index contributed by atoms with van der Waals surface area (Å²) < 4.78 is 25.0. The first-order valence-corrected chi connectivity index (χ1v) is 8.34. The van der Waals surface area contributed by atoms with Gasteiger partial charge in [0.15, 0.2) is 9.84 Å². The molecule has 0 atom stereocenters. The number of nitrogens with one attached hydrogen (secondary N) is 1. The SMILES string of the molecule is CCS(=O)(=O)c1ccc(O)c(NC(=O)c2c(Cl)cnn2C)c1. The molecular formula is C13H14ClN3O4S. The van der Waals surface area contributed by atoms with E-state index in [0.29, 0.717) is 0 Å². The van der Waals surface area contributed by atoms with Crippen molar-refractivity contribution in [3.63, 3.8) is 0 Å². The summed E-state index contributed by atoms with van der Waals surface area (Å²) in [5, 5.41) is 16.2. The van der Waals surface area contributed by atoms with Gasteiger partial charge in [-0.2, -0.15) is 5.10 Å². The van der Waals surface area contributed by atoms with Crippen molar-refractivity contribution in [1.82, 2.24) is 9.78 Å². The third-order valence-corrected chi connectivity index (χ3v) is 5.07. The van der Waals surface area contributed by atoms with Crippen LogP contribution in [0, 0.1) is 0 Å². The Hall–Kier alpha value is -2.06. The molecule has 0 spiro atoms. The molecule has 7 nitrogen and oxygen atoms in total. The number of amides is 1. The van der Waals surface area contributed by atoms with Crippen LogP contribution in [0.4, 0.5) is 5.69 Å². The molecule has 0 aliphatic carbocycles. The minimum atomic E-state index is -3.45. The van der Waals surface area contributed by atoms with Gasteiger partial charge in [0.25, 0.3) is 5.91 Å². The van der Waals surface area contributed by atoms with Crippen molar-refractivity contribution < 1.29 is 18.3 Å². The number of rotatable bonds is 4. The van der Waals surface area contributed by atoms with E-state index in [0.717, 1.165) is 0 Å². The highest BCUT2D eigenvalue weighted by Gasteiger charge is 2.19. The number of carbonyl (C=O) groups excluding carboxylic acids is 1. The number of aromatic nitrogens is 2. The maximum Gasteiger partial charge on any atom is 0.275 e. The Bertz CT molecular complexity index is 810. The van der Waals surface area contributed by atoms with Gasteiger partial charge >= 0.3 is 0 Å². The predicted molar refractivity (Wildman–Crippen MR) is 82.0 cm³/mol. The molecule has 2 aromatic rings. The second kappa shape index (κ2) is 5.98. The Morgan fingerprint density at radius 1 is 1.45 bits per heavy atom. The zero-order valence-corrected chi connectivity index (χ0v) is 13.4. The lowest BCUT2D eigenvalue weighted by atomic mass is 10.2. The van der Waals surface area contributed by atoms with Crippen LogP contribution in [0.3, 0.4) is 0 Å². The van der Waals surface area contributed by atoms with E-state index in [-0.39, 0.29) is 32.8 Å². The van der Waals surface area contributed by atoms with Crippen molar-refractivity contribution in [1.29, 1.82) is 0 Å². The first-order valence-electron chi connectivity index (χ1n) is 6.31. The first kappa shape index (κ1) is 16.3. The van der Waals surface area contributed by atoms with Crippen LogP contribution >= 0.6 is 11.6 Å². The van der Waals surface area contributed by atoms with Crippen LogP contribution in [0.15, 0.2) is 29.3 Å². The molecule has 0 aliphatic heterocycles. The monoisotopic (exact) mass is 343 g/mol. The Balaban J connectivity index is 2.38. The van der Waals surface area contributed by atoms with Gasteiger partial charge in [-0.15, -0.1) is 0 Å². The van der Waals surface area contributed by atoms with Crippen LogP contribution in [0.5, 0.6) is 5.75 Å². The van der Waals surface area contributed by atoms with Gasteiger partial charge in [0.1, 0.15) is 11.4 Å². The summed E-state index contributed by atoms with van der Waals surface area (Å²) >= 11 is 5.87. The van der Waals surface area contributed by atoms with Crippen LogP contribution in [0.25, 0.3) is 0 Å². The summed E-state index contributed by atoms with van der Waals surface area (Å²) in [6.07, 6.45) is 1.31. The zero-order chi connectivity index (χ0) is 16.5. The third kappa shape index (κ3) is 3.07. The zero-order valence-electron chi connectivity index (χ0n) is 11.9. The number of anilines is 1. The largest absolute Gasteiger partial charge is 0.506 e. The van der Waals surface area contributed by atoms with E-state index in [1.165, 1.54) is 36.0 Å². The number of hydrogen-bond acceptors (Lipinski definition) is 5. The van der Waals surface area contributed by atoms with Gasteiger partial charge in [-0.1, -0.05) is 18.5 Å². The van der Waals surface area contributed by atoms with Gasteiger partial charge in [0, 0.05) is 7.05 Å². The summed E-state index contributed by atoms with van der Waals surface area (Å²) in [4.78, 5) is 12.2. The predicted octanol–water partition coefficient (Wildman–Crippen LogP) is 1.82. The highest BCUT2D eigenvalue weighted by atomic mass is 35.5. The van der Waals surface area contributed by atoms with Gasteiger partial charge in [-0.3, -0.25) is 9.48 Å². The Kier molecular flexibility index (Phi) is 4.43. The third-order valence-electron chi connectivity index (χ3n) is 3.06. The minimum absolute atomic E-state index is 0.0132. The maximum atomic E-state index is 12.2. The topological polar surface area (TPSA) is 101 Å². The maximum absolute atomic E-state index is 12.2. The molecule has 1 aromatic carbocycles. The van der Waals surface area contributed by atoms with Crippen molar-refractivity contribution in [2.24, 2.45) is 7.05 Å². The summed E-state index contributed by atoms with van der Waals surface area (Å²) in [6, 6.07) is 3.69. The number of phenols is 1. The van der Waals surface area contributed by atoms with Gasteiger partial charge in [-0.05, 0) is 18.2 Å². The van der Waals surface area contributed by atoms with E-state index < -0.39 is 15.7 Å². The quantitative estimate of drug-likeness (QED) is 0.825. The molecule has 118 valence electrons. The Morgan fingerprint density at radius 3 is 2.68 bits per heavy atom. The van der Waals surface area contributed by atoms with Crippen molar-refractivity contribution in [3.05, 3.63) is 35.1 Å². The Labute approximate surface area is 132 Å². The summed E-state index contributed by atoms with van der Waals surface area (Å²) in [5.74, 6) is -0.938. The number of aromatic hydroxyl groups is 1. The molecule has 2 N–H and O–H groups in total. The molecule has 0 unspecified atom stereocenters. The number of benzene rings is 1. The average Bonchev–Trinajstić information content (AvgIpc) is 2.80. The lowest BCUT2D eigenvalue weighted by Crippen LogP contribution is -2.17. The van der Waals surface area contributed by atoms with Crippen molar-refractivity contribution in [2.75, 3.05) is 11.1 Å². The van der Waals surface area contributed by atoms with Crippen LogP contribution < -0.4 is 5.32 Å². The van der Waals surface area contributed by atoms with Gasteiger partial charge in [0.05, 0.1) is 27.6 Å². The molecule has 0 saturated carbocycles. The molecular weight excluding hydrogens is 330 g/mol. The van der Waals surface area contributed by atoms with Crippen LogP contribution in [-0.4, -0.2) is 35.0 Å². The van der Waals surface area contributed by atoms with E-state index in [9.17, 15) is 18.3 Å². The number of nitrogens with zero attached hydrogens (tertiary/aromatic N) is 2. The van der Waals surface area contributed by atoms with Crippen molar-refractivity contribution in [2.45, 2.75) is 11.8 Å². The highest BCUT2D eigenvalue weighted by molar-refractivity contribution is 7.91. The number of aryl methyl sites for hydroxylation is 1. The number of sulfone groups is 1. The second-order valence-corrected chi connectivity index (χ2v) is 7.19. The van der Waals surface area contributed by atoms with E-state index in [1.807, 2.05) is 0 Å². The smallest absolute Gasteiger partial charge is 0.275 e. The molecule has 2 rings (SSSR count). The fraction of sp³-hybridized carbons (Fsp3) is 0.231. The number of hydrogen-bond donors (Lipinski definition) is 2. The molecule has 1 heterocycles. The molecule has 0 radical (unpaired) electrons. The number of carbonyl (C=O) groups is 1. The molecule has 1 aromatic heterocycles. The van der Waals surface area contributed by atoms with E-state index in [4.69, 9.17) is 11.6 Å². The second-order valence-electron chi connectivity index (χ2n) is 4.50. The van der Waals surface area contributed by atoms with Gasteiger partial charge < -0.3 is 10.4 Å². The van der Waals surface area contributed by atoms with Crippen LogP contribution in [0.2, 0.25) is 5.02 Å². The standard InChI is InChI=1S/C13H14ClN3O4S/c1-3-22(20,21)8-4-5-11(18)10(6-8)16-13(19)12-9(14)7-15-17(12)2/h4-7,18H,3H2,1-2H3,(H,16,19). The Morgan fingerprint density at radius 2 is 2.14 bits per heavy atom. The molecule has 22 heavy (non-hydrogen) atoms. The van der Waals surface area contributed by atoms with Gasteiger partial charge in [0.2, 0.25) is 0 Å².